The quantitative estimate of drug-likeness (QED) is 0.147. The molecule has 10 rings (SSSR count). The first-order valence-corrected chi connectivity index (χ1v) is 19.7. The van der Waals surface area contributed by atoms with Crippen LogP contribution in [0.3, 0.4) is 0 Å². The number of para-hydroxylation sites is 2. The topological polar surface area (TPSA) is 43.4 Å². The fourth-order valence-electron chi connectivity index (χ4n) is 7.92. The third-order valence-electron chi connectivity index (χ3n) is 10.9. The highest BCUT2D eigenvalue weighted by atomic mass is 16.3. The first-order chi connectivity index (χ1) is 29.2. The Morgan fingerprint density at radius 2 is 0.627 bits per heavy atom. The highest BCUT2D eigenvalue weighted by molar-refractivity contribution is 6.07. The summed E-state index contributed by atoms with van der Waals surface area (Å²) in [5, 5.41) is 11.5. The van der Waals surface area contributed by atoms with Gasteiger partial charge in [-0.1, -0.05) is 127 Å². The molecule has 0 bridgehead atoms. The first-order valence-electron chi connectivity index (χ1n) is 19.7. The van der Waals surface area contributed by atoms with Crippen LogP contribution in [0.15, 0.2) is 229 Å². The Balaban J connectivity index is 0.936. The minimum atomic E-state index is 0.609. The number of hydrogen-bond acceptors (Lipinski definition) is 4. The molecule has 0 atom stereocenters. The van der Waals surface area contributed by atoms with Gasteiger partial charge in [-0.25, -0.2) is 0 Å². The zero-order valence-corrected chi connectivity index (χ0v) is 32.1. The van der Waals surface area contributed by atoms with Gasteiger partial charge in [0.2, 0.25) is 0 Å². The van der Waals surface area contributed by atoms with Gasteiger partial charge in [0.05, 0.1) is 11.6 Å². The molecule has 0 aliphatic heterocycles. The lowest BCUT2D eigenvalue weighted by atomic mass is 10.00. The number of fused-ring (bicyclic) bond motifs is 3. The van der Waals surface area contributed by atoms with Crippen molar-refractivity contribution in [3.63, 3.8) is 0 Å². The van der Waals surface area contributed by atoms with Gasteiger partial charge in [0, 0.05) is 44.9 Å². The Labute approximate surface area is 343 Å². The van der Waals surface area contributed by atoms with Crippen LogP contribution in [-0.2, 0) is 0 Å². The largest absolute Gasteiger partial charge is 0.456 e. The van der Waals surface area contributed by atoms with Crippen LogP contribution in [0.5, 0.6) is 0 Å². The van der Waals surface area contributed by atoms with E-state index in [0.717, 1.165) is 67.2 Å². The molecule has 1 aromatic heterocycles. The van der Waals surface area contributed by atoms with Crippen LogP contribution in [0.4, 0.5) is 34.1 Å². The third kappa shape index (κ3) is 6.99. The molecule has 0 radical (unpaired) electrons. The van der Waals surface area contributed by atoms with Gasteiger partial charge >= 0.3 is 0 Å². The normalized spacial score (nSPS) is 11.0. The monoisotopic (exact) mass is 755 g/mol. The number of furan rings is 1. The van der Waals surface area contributed by atoms with Gasteiger partial charge in [-0.2, -0.15) is 5.26 Å². The lowest BCUT2D eigenvalue weighted by Gasteiger charge is -2.26. The maximum Gasteiger partial charge on any atom is 0.135 e. The minimum Gasteiger partial charge on any atom is -0.456 e. The highest BCUT2D eigenvalue weighted by Crippen LogP contribution is 2.41. The molecule has 0 saturated heterocycles. The number of anilines is 6. The second-order valence-corrected chi connectivity index (χ2v) is 14.5. The van der Waals surface area contributed by atoms with Crippen molar-refractivity contribution in [2.24, 2.45) is 0 Å². The van der Waals surface area contributed by atoms with Gasteiger partial charge in [0.25, 0.3) is 0 Å². The van der Waals surface area contributed by atoms with Gasteiger partial charge in [-0.15, -0.1) is 0 Å². The van der Waals surface area contributed by atoms with E-state index in [0.29, 0.717) is 5.56 Å². The number of nitrogens with zero attached hydrogens (tertiary/aromatic N) is 3. The highest BCUT2D eigenvalue weighted by Gasteiger charge is 2.17. The Kier molecular flexibility index (Phi) is 9.23. The molecule has 0 N–H and O–H groups in total. The predicted octanol–water partition coefficient (Wildman–Crippen LogP) is 15.4. The van der Waals surface area contributed by atoms with Crippen LogP contribution in [0.1, 0.15) is 5.56 Å². The van der Waals surface area contributed by atoms with Crippen molar-refractivity contribution < 1.29 is 4.42 Å². The number of nitriles is 1. The summed E-state index contributed by atoms with van der Waals surface area (Å²) in [4.78, 5) is 4.55. The van der Waals surface area contributed by atoms with Gasteiger partial charge in [0.1, 0.15) is 11.2 Å². The lowest BCUT2D eigenvalue weighted by molar-refractivity contribution is 0.669. The summed E-state index contributed by atoms with van der Waals surface area (Å²) >= 11 is 0. The molecule has 0 aliphatic carbocycles. The summed E-state index contributed by atoms with van der Waals surface area (Å²) in [7, 11) is 0. The molecule has 0 saturated carbocycles. The van der Waals surface area contributed by atoms with E-state index in [2.05, 4.69) is 204 Å². The van der Waals surface area contributed by atoms with Crippen molar-refractivity contribution in [2.45, 2.75) is 0 Å². The van der Waals surface area contributed by atoms with Gasteiger partial charge in [0.15, 0.2) is 0 Å². The summed E-state index contributed by atoms with van der Waals surface area (Å²) in [5.41, 5.74) is 15.6. The second kappa shape index (κ2) is 15.4. The molecule has 0 unspecified atom stereocenters. The molecule has 0 amide bonds. The molecule has 0 fully saturated rings. The third-order valence-corrected chi connectivity index (χ3v) is 10.9. The van der Waals surface area contributed by atoms with E-state index in [1.165, 1.54) is 22.3 Å². The molecule has 10 aromatic rings. The van der Waals surface area contributed by atoms with E-state index < -0.39 is 0 Å². The Hall–Kier alpha value is -8.13. The van der Waals surface area contributed by atoms with Gasteiger partial charge in [-0.05, 0) is 130 Å². The maximum atomic E-state index is 9.57. The lowest BCUT2D eigenvalue weighted by Crippen LogP contribution is -2.10. The summed E-state index contributed by atoms with van der Waals surface area (Å²) in [6.07, 6.45) is 0. The zero-order chi connectivity index (χ0) is 39.5. The molecule has 9 aromatic carbocycles. The van der Waals surface area contributed by atoms with Gasteiger partial charge < -0.3 is 14.2 Å². The smallest absolute Gasteiger partial charge is 0.135 e. The van der Waals surface area contributed by atoms with Crippen LogP contribution in [0, 0.1) is 11.3 Å². The van der Waals surface area contributed by atoms with Crippen molar-refractivity contribution >= 4 is 56.1 Å². The van der Waals surface area contributed by atoms with E-state index in [-0.39, 0.29) is 0 Å². The average Bonchev–Trinajstić information content (AvgIpc) is 3.68. The summed E-state index contributed by atoms with van der Waals surface area (Å²) in [6, 6.07) is 80.6. The van der Waals surface area contributed by atoms with Crippen LogP contribution in [0.2, 0.25) is 0 Å². The van der Waals surface area contributed by atoms with Crippen molar-refractivity contribution in [1.82, 2.24) is 0 Å². The van der Waals surface area contributed by atoms with Crippen LogP contribution >= 0.6 is 0 Å². The Morgan fingerprint density at radius 1 is 0.305 bits per heavy atom. The molecule has 4 nitrogen and oxygen atoms in total. The van der Waals surface area contributed by atoms with E-state index in [4.69, 9.17) is 4.42 Å². The van der Waals surface area contributed by atoms with Crippen molar-refractivity contribution in [3.8, 4) is 39.4 Å². The van der Waals surface area contributed by atoms with Crippen LogP contribution in [-0.4, -0.2) is 0 Å². The molecule has 278 valence electrons. The van der Waals surface area contributed by atoms with E-state index >= 15 is 0 Å². The van der Waals surface area contributed by atoms with Gasteiger partial charge in [-0.3, -0.25) is 0 Å². The van der Waals surface area contributed by atoms with Crippen LogP contribution in [0.25, 0.3) is 55.3 Å². The summed E-state index contributed by atoms with van der Waals surface area (Å²) in [6.45, 7) is 0. The Bertz CT molecular complexity index is 3060. The SMILES string of the molecule is N#Cc1ccc2oc3ccc(N(c4ccccc4)c4ccc(-c5ccc(N(c6ccccc6)c6ccc(-c7ccc(-c8ccccc8)cc7)cc6)cc5)cc4)cc3c2c1. The molecular weight excluding hydrogens is 719 g/mol. The maximum absolute atomic E-state index is 9.57. The van der Waals surface area contributed by atoms with Crippen LogP contribution < -0.4 is 9.80 Å². The number of benzene rings is 9. The molecular formula is C55H37N3O. The minimum absolute atomic E-state index is 0.609. The standard InChI is InChI=1S/C55H37N3O/c56-38-39-16-34-54-52(36-39)53-37-51(33-35-55(53)59-54)58(47-14-8-3-9-15-47)50-31-25-45(26-32-50)44-23-29-49(30-24-44)57(46-12-6-2-7-13-46)48-27-21-43(22-28-48)42-19-17-41(18-20-42)40-10-4-1-5-11-40/h1-37H. The Morgan fingerprint density at radius 3 is 1.07 bits per heavy atom. The number of hydrogen-bond donors (Lipinski definition) is 0. The average molecular weight is 756 g/mol. The molecule has 0 aliphatic rings. The zero-order valence-electron chi connectivity index (χ0n) is 32.1. The van der Waals surface area contributed by atoms with E-state index in [1.54, 1.807) is 6.07 Å². The van der Waals surface area contributed by atoms with Crippen molar-refractivity contribution in [3.05, 3.63) is 230 Å². The number of rotatable bonds is 9. The second-order valence-electron chi connectivity index (χ2n) is 14.5. The molecule has 0 spiro atoms. The summed E-state index contributed by atoms with van der Waals surface area (Å²) < 4.78 is 6.14. The predicted molar refractivity (Wildman–Crippen MR) is 244 cm³/mol. The van der Waals surface area contributed by atoms with E-state index in [1.807, 2.05) is 30.3 Å². The summed E-state index contributed by atoms with van der Waals surface area (Å²) in [5.74, 6) is 0. The fourth-order valence-corrected chi connectivity index (χ4v) is 7.92. The van der Waals surface area contributed by atoms with Crippen molar-refractivity contribution in [1.29, 1.82) is 5.26 Å². The van der Waals surface area contributed by atoms with Crippen molar-refractivity contribution in [2.75, 3.05) is 9.80 Å². The molecule has 4 heteroatoms. The molecule has 59 heavy (non-hydrogen) atoms. The first kappa shape index (κ1) is 35.3. The fraction of sp³-hybridized carbons (Fsp3) is 0. The molecule has 1 heterocycles. The van der Waals surface area contributed by atoms with E-state index in [9.17, 15) is 5.26 Å².